The highest BCUT2D eigenvalue weighted by molar-refractivity contribution is 6.35. The lowest BCUT2D eigenvalue weighted by Crippen LogP contribution is -2.44. The maximum atomic E-state index is 6.59. The summed E-state index contributed by atoms with van der Waals surface area (Å²) in [4.78, 5) is 9.47. The fraction of sp³-hybridized carbons (Fsp3) is 0.321. The van der Waals surface area contributed by atoms with Gasteiger partial charge in [-0.25, -0.2) is 4.98 Å². The number of fused-ring (bicyclic) bond motifs is 1. The molecule has 0 radical (unpaired) electrons. The number of anilines is 2. The lowest BCUT2D eigenvalue weighted by molar-refractivity contribution is 0.215. The van der Waals surface area contributed by atoms with Gasteiger partial charge in [0.2, 0.25) is 0 Å². The summed E-state index contributed by atoms with van der Waals surface area (Å²) in [6.07, 6.45) is 2.64. The number of nitrogen functional groups attached to an aromatic ring is 2. The summed E-state index contributed by atoms with van der Waals surface area (Å²) in [7, 11) is 0. The van der Waals surface area contributed by atoms with Gasteiger partial charge in [-0.2, -0.15) is 0 Å². The number of nitrogens with two attached hydrogens (primary N) is 2. The Hall–Kier alpha value is -3.22. The molecule has 0 spiro atoms. The van der Waals surface area contributed by atoms with Crippen LogP contribution in [0.15, 0.2) is 61.3 Å². The van der Waals surface area contributed by atoms with E-state index in [-0.39, 0.29) is 0 Å². The minimum absolute atomic E-state index is 0.573. The highest BCUT2D eigenvalue weighted by Crippen LogP contribution is 2.32. The summed E-state index contributed by atoms with van der Waals surface area (Å²) in [5, 5.41) is 1.55. The van der Waals surface area contributed by atoms with Gasteiger partial charge in [0.25, 0.3) is 0 Å². The molecule has 0 aliphatic carbocycles. The molecule has 3 aromatic rings. The summed E-state index contributed by atoms with van der Waals surface area (Å²) < 4.78 is 0. The van der Waals surface area contributed by atoms with Crippen LogP contribution in [-0.2, 0) is 0 Å². The second-order valence-corrected chi connectivity index (χ2v) is 9.23. The van der Waals surface area contributed by atoms with Crippen molar-refractivity contribution in [3.05, 3.63) is 71.9 Å². The highest BCUT2D eigenvalue weighted by atomic mass is 35.5. The molecule has 1 fully saturated rings. The number of piperazine rings is 1. The molecule has 1 aromatic heterocycles. The molecule has 1 aliphatic heterocycles. The molecule has 0 atom stereocenters. The first-order valence-electron chi connectivity index (χ1n) is 12.1. The van der Waals surface area contributed by atoms with E-state index in [9.17, 15) is 0 Å². The second-order valence-electron chi connectivity index (χ2n) is 8.82. The van der Waals surface area contributed by atoms with Crippen LogP contribution in [0.5, 0.6) is 0 Å². The lowest BCUT2D eigenvalue weighted by atomic mass is 10.0. The minimum atomic E-state index is 0.573. The van der Waals surface area contributed by atoms with Crippen molar-refractivity contribution in [2.45, 2.75) is 33.6 Å². The van der Waals surface area contributed by atoms with Crippen LogP contribution in [0.25, 0.3) is 27.9 Å². The molecule has 2 aromatic carbocycles. The number of halogens is 1. The number of nitrogens with one attached hydrogen (secondary N) is 1. The number of unbranched alkanes of at least 4 members (excludes halogenated alkanes) is 1. The molecule has 1 saturated heterocycles. The van der Waals surface area contributed by atoms with Crippen LogP contribution in [0.3, 0.4) is 0 Å². The molecular formula is C28H37ClN6. The third-order valence-electron chi connectivity index (χ3n) is 6.30. The van der Waals surface area contributed by atoms with E-state index >= 15 is 0 Å². The van der Waals surface area contributed by atoms with Crippen LogP contribution >= 0.6 is 11.6 Å². The van der Waals surface area contributed by atoms with Gasteiger partial charge in [-0.1, -0.05) is 69.6 Å². The van der Waals surface area contributed by atoms with Gasteiger partial charge in [-0.3, -0.25) is 5.84 Å². The second kappa shape index (κ2) is 12.0. The maximum absolute atomic E-state index is 6.59. The van der Waals surface area contributed by atoms with Gasteiger partial charge < -0.3 is 21.0 Å². The van der Waals surface area contributed by atoms with Crippen molar-refractivity contribution in [1.82, 2.24) is 14.8 Å². The summed E-state index contributed by atoms with van der Waals surface area (Å²) in [6.45, 7) is 18.5. The van der Waals surface area contributed by atoms with Gasteiger partial charge in [0.1, 0.15) is 0 Å². The fourth-order valence-electron chi connectivity index (χ4n) is 3.89. The maximum Gasteiger partial charge on any atom is 0.0731 e. The van der Waals surface area contributed by atoms with Crippen LogP contribution in [0.1, 0.15) is 39.2 Å². The number of pyridine rings is 1. The molecule has 0 bridgehead atoms. The first-order valence-corrected chi connectivity index (χ1v) is 12.5. The average molecular weight is 493 g/mol. The molecule has 2 heterocycles. The molecule has 0 amide bonds. The van der Waals surface area contributed by atoms with Gasteiger partial charge in [0, 0.05) is 48.5 Å². The summed E-state index contributed by atoms with van der Waals surface area (Å²) in [6, 6.07) is 13.6. The quantitative estimate of drug-likeness (QED) is 0.211. The van der Waals surface area contributed by atoms with Crippen molar-refractivity contribution in [3.63, 3.8) is 0 Å². The zero-order valence-corrected chi connectivity index (χ0v) is 21.8. The van der Waals surface area contributed by atoms with Crippen LogP contribution in [-0.4, -0.2) is 41.0 Å². The Balaban J connectivity index is 0.000000795. The van der Waals surface area contributed by atoms with Gasteiger partial charge >= 0.3 is 0 Å². The monoisotopic (exact) mass is 492 g/mol. The number of hydrazine groups is 1. The smallest absolute Gasteiger partial charge is 0.0731 e. The summed E-state index contributed by atoms with van der Waals surface area (Å²) >= 11 is 6.59. The van der Waals surface area contributed by atoms with Crippen molar-refractivity contribution in [2.75, 3.05) is 37.3 Å². The van der Waals surface area contributed by atoms with Crippen LogP contribution in [0.2, 0.25) is 5.02 Å². The molecule has 1 aliphatic rings. The van der Waals surface area contributed by atoms with Gasteiger partial charge in [0.05, 0.1) is 27.6 Å². The summed E-state index contributed by atoms with van der Waals surface area (Å²) in [5.41, 5.74) is 15.4. The van der Waals surface area contributed by atoms with Crippen LogP contribution < -0.4 is 17.0 Å². The molecule has 5 N–H and O–H groups in total. The zero-order chi connectivity index (χ0) is 25.5. The van der Waals surface area contributed by atoms with E-state index in [0.717, 1.165) is 65.3 Å². The van der Waals surface area contributed by atoms with Crippen LogP contribution in [0, 0.1) is 0 Å². The van der Waals surface area contributed by atoms with E-state index < -0.39 is 0 Å². The van der Waals surface area contributed by atoms with Crippen molar-refractivity contribution in [2.24, 2.45) is 5.84 Å². The Bertz CT molecular complexity index is 1200. The first-order chi connectivity index (χ1) is 16.8. The van der Waals surface area contributed by atoms with Crippen molar-refractivity contribution in [3.8, 4) is 11.3 Å². The molecule has 4 rings (SSSR count). The van der Waals surface area contributed by atoms with Crippen molar-refractivity contribution in [1.29, 1.82) is 0 Å². The number of hydrogen-bond acceptors (Lipinski definition) is 6. The Morgan fingerprint density at radius 3 is 2.26 bits per heavy atom. The SMILES string of the molecule is C=C(C)N1CCN(C(=C)c2ccc3c(Cl)cc(-c4ccc(N)c(NN)c4)nc3c2)CC1.CCCC. The predicted octanol–water partition coefficient (Wildman–Crippen LogP) is 6.35. The van der Waals surface area contributed by atoms with Crippen molar-refractivity contribution >= 4 is 39.6 Å². The molecule has 6 nitrogen and oxygen atoms in total. The normalized spacial score (nSPS) is 13.3. The average Bonchev–Trinajstić information content (AvgIpc) is 2.88. The van der Waals surface area contributed by atoms with Gasteiger partial charge in [-0.05, 0) is 36.8 Å². The Labute approximate surface area is 214 Å². The molecular weight excluding hydrogens is 456 g/mol. The largest absolute Gasteiger partial charge is 0.397 e. The van der Waals surface area contributed by atoms with E-state index in [2.05, 4.69) is 61.3 Å². The standard InChI is InChI=1S/C24H27ClN6.C4H10/c1-15(2)30-8-10-31(11-9-30)16(3)17-4-6-19-20(25)14-22(28-23(19)12-17)18-5-7-21(26)24(13-18)29-27;1-3-4-2/h4-7,12-14,29H,1,3,8-11,26-27H2,2H3;3-4H2,1-2H3. The third kappa shape index (κ3) is 6.27. The zero-order valence-electron chi connectivity index (χ0n) is 21.1. The predicted molar refractivity (Wildman–Crippen MR) is 152 cm³/mol. The highest BCUT2D eigenvalue weighted by Gasteiger charge is 2.19. The van der Waals surface area contributed by atoms with E-state index in [1.165, 1.54) is 12.8 Å². The van der Waals surface area contributed by atoms with Crippen molar-refractivity contribution < 1.29 is 0 Å². The third-order valence-corrected chi connectivity index (χ3v) is 6.61. The molecule has 35 heavy (non-hydrogen) atoms. The van der Waals surface area contributed by atoms with E-state index in [1.807, 2.05) is 24.3 Å². The van der Waals surface area contributed by atoms with Crippen LogP contribution in [0.4, 0.5) is 11.4 Å². The Morgan fingerprint density at radius 2 is 1.66 bits per heavy atom. The molecule has 186 valence electrons. The Kier molecular flexibility index (Phi) is 9.01. The Morgan fingerprint density at radius 1 is 1.00 bits per heavy atom. The van der Waals surface area contributed by atoms with Gasteiger partial charge in [0.15, 0.2) is 0 Å². The first kappa shape index (κ1) is 26.4. The number of benzene rings is 2. The number of rotatable bonds is 6. The minimum Gasteiger partial charge on any atom is -0.397 e. The van der Waals surface area contributed by atoms with E-state index in [1.54, 1.807) is 6.07 Å². The fourth-order valence-corrected chi connectivity index (χ4v) is 4.16. The molecule has 7 heteroatoms. The molecule has 0 saturated carbocycles. The molecule has 0 unspecified atom stereocenters. The van der Waals surface area contributed by atoms with Gasteiger partial charge in [-0.15, -0.1) is 0 Å². The van der Waals surface area contributed by atoms with E-state index in [0.29, 0.717) is 16.4 Å². The topological polar surface area (TPSA) is 83.4 Å². The lowest BCUT2D eigenvalue weighted by Gasteiger charge is -2.38. The number of hydrogen-bond donors (Lipinski definition) is 3. The van der Waals surface area contributed by atoms with E-state index in [4.69, 9.17) is 28.2 Å². The number of allylic oxidation sites excluding steroid dienone is 1. The number of aromatic nitrogens is 1. The number of nitrogens with zero attached hydrogens (tertiary/aromatic N) is 3. The summed E-state index contributed by atoms with van der Waals surface area (Å²) in [5.74, 6) is 5.57.